The van der Waals surface area contributed by atoms with Gasteiger partial charge in [-0.3, -0.25) is 0 Å². The van der Waals surface area contributed by atoms with Crippen molar-refractivity contribution in [1.82, 2.24) is 14.7 Å². The van der Waals surface area contributed by atoms with Crippen LogP contribution in [0.4, 0.5) is 5.69 Å². The van der Waals surface area contributed by atoms with Gasteiger partial charge in [0.1, 0.15) is 11.6 Å². The van der Waals surface area contributed by atoms with E-state index in [-0.39, 0.29) is 22.9 Å². The number of nitrogens with one attached hydrogen (secondary N) is 2. The zero-order chi connectivity index (χ0) is 13.9. The van der Waals surface area contributed by atoms with E-state index in [1.165, 1.54) is 18.2 Å². The van der Waals surface area contributed by atoms with Crippen molar-refractivity contribution in [2.45, 2.75) is 11.3 Å². The van der Waals surface area contributed by atoms with Gasteiger partial charge in [-0.2, -0.15) is 0 Å². The number of H-pyrrole nitrogens is 1. The van der Waals surface area contributed by atoms with Gasteiger partial charge < -0.3 is 15.8 Å². The van der Waals surface area contributed by atoms with Crippen LogP contribution in [0.3, 0.4) is 0 Å². The normalized spacial score (nSPS) is 11.6. The van der Waals surface area contributed by atoms with E-state index >= 15 is 0 Å². The minimum atomic E-state index is -3.64. The summed E-state index contributed by atoms with van der Waals surface area (Å²) in [5.74, 6) is 0.558. The number of nitrogens with zero attached hydrogens (tertiary/aromatic N) is 1. The Kier molecular flexibility index (Phi) is 3.72. The summed E-state index contributed by atoms with van der Waals surface area (Å²) < 4.78 is 26.3. The van der Waals surface area contributed by atoms with Crippen LogP contribution in [-0.4, -0.2) is 30.0 Å². The lowest BCUT2D eigenvalue weighted by Gasteiger charge is -2.07. The van der Waals surface area contributed by atoms with Crippen molar-refractivity contribution in [3.8, 4) is 5.75 Å². The minimum absolute atomic E-state index is 0.0160. The van der Waals surface area contributed by atoms with Crippen LogP contribution in [0.1, 0.15) is 5.82 Å². The minimum Gasteiger partial charge on any atom is -0.506 e. The van der Waals surface area contributed by atoms with Crippen molar-refractivity contribution in [1.29, 1.82) is 0 Å². The monoisotopic (exact) mass is 282 g/mol. The molecule has 0 atom stereocenters. The predicted molar refractivity (Wildman–Crippen MR) is 70.0 cm³/mol. The highest BCUT2D eigenvalue weighted by Gasteiger charge is 2.14. The Hall–Kier alpha value is -2.06. The molecule has 0 amide bonds. The van der Waals surface area contributed by atoms with E-state index in [1.807, 2.05) is 0 Å². The lowest BCUT2D eigenvalue weighted by atomic mass is 10.3. The SMILES string of the molecule is Nc1cc(S(=O)(=O)NCCc2ncc[nH]2)ccc1O. The Balaban J connectivity index is 2.03. The summed E-state index contributed by atoms with van der Waals surface area (Å²) in [5, 5.41) is 9.26. The summed E-state index contributed by atoms with van der Waals surface area (Å²) >= 11 is 0. The predicted octanol–water partition coefficient (Wildman–Crippen LogP) is 0.218. The molecule has 1 aromatic carbocycles. The molecule has 0 bridgehead atoms. The Morgan fingerprint density at radius 3 is 2.84 bits per heavy atom. The fourth-order valence-electron chi connectivity index (χ4n) is 1.52. The molecule has 1 aromatic heterocycles. The fourth-order valence-corrected chi connectivity index (χ4v) is 2.59. The molecule has 0 spiro atoms. The van der Waals surface area contributed by atoms with Gasteiger partial charge >= 0.3 is 0 Å². The van der Waals surface area contributed by atoms with Crippen molar-refractivity contribution in [3.05, 3.63) is 36.4 Å². The van der Waals surface area contributed by atoms with E-state index < -0.39 is 10.0 Å². The highest BCUT2D eigenvalue weighted by molar-refractivity contribution is 7.89. The Morgan fingerprint density at radius 2 is 2.21 bits per heavy atom. The zero-order valence-corrected chi connectivity index (χ0v) is 10.8. The molecule has 2 rings (SSSR count). The molecule has 0 radical (unpaired) electrons. The van der Waals surface area contributed by atoms with Gasteiger partial charge in [0.05, 0.1) is 10.6 Å². The second-order valence-corrected chi connectivity index (χ2v) is 5.67. The van der Waals surface area contributed by atoms with E-state index in [2.05, 4.69) is 14.7 Å². The van der Waals surface area contributed by atoms with Crippen molar-refractivity contribution in [3.63, 3.8) is 0 Å². The van der Waals surface area contributed by atoms with E-state index in [9.17, 15) is 13.5 Å². The molecule has 102 valence electrons. The molecule has 5 N–H and O–H groups in total. The molecule has 0 aliphatic carbocycles. The highest BCUT2D eigenvalue weighted by atomic mass is 32.2. The average Bonchev–Trinajstić information content (AvgIpc) is 2.85. The number of aromatic amines is 1. The van der Waals surface area contributed by atoms with Crippen molar-refractivity contribution in [2.75, 3.05) is 12.3 Å². The molecule has 0 aliphatic heterocycles. The first kappa shape index (κ1) is 13.4. The Morgan fingerprint density at radius 1 is 1.42 bits per heavy atom. The standard InChI is InChI=1S/C11H14N4O3S/c12-9-7-8(1-2-10(9)16)19(17,18)15-4-3-11-13-5-6-14-11/h1-2,5-7,15-16H,3-4,12H2,(H,13,14). The second kappa shape index (κ2) is 5.29. The molecule has 19 heavy (non-hydrogen) atoms. The molecular weight excluding hydrogens is 268 g/mol. The lowest BCUT2D eigenvalue weighted by Crippen LogP contribution is -2.26. The molecule has 0 fully saturated rings. The molecule has 0 aliphatic rings. The number of hydrogen-bond donors (Lipinski definition) is 4. The Labute approximate surface area is 110 Å². The van der Waals surface area contributed by atoms with Gasteiger partial charge in [-0.1, -0.05) is 0 Å². The third kappa shape index (κ3) is 3.24. The number of aromatic nitrogens is 2. The smallest absolute Gasteiger partial charge is 0.240 e. The van der Waals surface area contributed by atoms with Crippen molar-refractivity contribution < 1.29 is 13.5 Å². The number of phenolic OH excluding ortho intramolecular Hbond substituents is 1. The first-order valence-electron chi connectivity index (χ1n) is 5.55. The van der Waals surface area contributed by atoms with Crippen LogP contribution in [0, 0.1) is 0 Å². The first-order chi connectivity index (χ1) is 8.99. The summed E-state index contributed by atoms with van der Waals surface area (Å²) in [4.78, 5) is 6.89. The number of nitrogens with two attached hydrogens (primary N) is 1. The maximum Gasteiger partial charge on any atom is 0.240 e. The molecule has 0 saturated carbocycles. The van der Waals surface area contributed by atoms with Gasteiger partial charge in [-0.15, -0.1) is 0 Å². The topological polar surface area (TPSA) is 121 Å². The van der Waals surface area contributed by atoms with Crippen LogP contribution >= 0.6 is 0 Å². The quantitative estimate of drug-likeness (QED) is 0.461. The number of hydrogen-bond acceptors (Lipinski definition) is 5. The summed E-state index contributed by atoms with van der Waals surface area (Å²) in [5.41, 5.74) is 5.49. The summed E-state index contributed by atoms with van der Waals surface area (Å²) in [6, 6.07) is 3.75. The number of aromatic hydroxyl groups is 1. The largest absolute Gasteiger partial charge is 0.506 e. The zero-order valence-electron chi connectivity index (χ0n) is 10.00. The average molecular weight is 282 g/mol. The lowest BCUT2D eigenvalue weighted by molar-refractivity contribution is 0.477. The van der Waals surface area contributed by atoms with Gasteiger partial charge in [0.25, 0.3) is 0 Å². The molecule has 8 heteroatoms. The number of benzene rings is 1. The number of nitrogen functional groups attached to an aromatic ring is 1. The second-order valence-electron chi connectivity index (χ2n) is 3.90. The number of rotatable bonds is 5. The summed E-state index contributed by atoms with van der Waals surface area (Å²) in [6.07, 6.45) is 3.73. The van der Waals surface area contributed by atoms with Crippen LogP contribution in [-0.2, 0) is 16.4 Å². The summed E-state index contributed by atoms with van der Waals surface area (Å²) in [7, 11) is -3.64. The number of imidazole rings is 1. The van der Waals surface area contributed by atoms with Crippen LogP contribution in [0.15, 0.2) is 35.5 Å². The number of phenols is 1. The van der Waals surface area contributed by atoms with E-state index in [1.54, 1.807) is 12.4 Å². The molecule has 0 unspecified atom stereocenters. The van der Waals surface area contributed by atoms with Crippen molar-refractivity contribution >= 4 is 15.7 Å². The molecule has 0 saturated heterocycles. The third-order valence-corrected chi connectivity index (χ3v) is 3.98. The molecule has 1 heterocycles. The van der Waals surface area contributed by atoms with Gasteiger partial charge in [-0.05, 0) is 18.2 Å². The number of sulfonamides is 1. The van der Waals surface area contributed by atoms with Gasteiger partial charge in [-0.25, -0.2) is 18.1 Å². The Bertz CT molecular complexity index is 653. The van der Waals surface area contributed by atoms with Gasteiger partial charge in [0.2, 0.25) is 10.0 Å². The van der Waals surface area contributed by atoms with Crippen LogP contribution < -0.4 is 10.5 Å². The molecule has 7 nitrogen and oxygen atoms in total. The fraction of sp³-hybridized carbons (Fsp3) is 0.182. The summed E-state index contributed by atoms with van der Waals surface area (Å²) in [6.45, 7) is 0.219. The number of anilines is 1. The van der Waals surface area contributed by atoms with Gasteiger partial charge in [0.15, 0.2) is 0 Å². The van der Waals surface area contributed by atoms with Crippen molar-refractivity contribution in [2.24, 2.45) is 0 Å². The highest BCUT2D eigenvalue weighted by Crippen LogP contribution is 2.22. The molecular formula is C11H14N4O3S. The van der Waals surface area contributed by atoms with Gasteiger partial charge in [0, 0.05) is 25.4 Å². The van der Waals surface area contributed by atoms with Crippen LogP contribution in [0.2, 0.25) is 0 Å². The first-order valence-corrected chi connectivity index (χ1v) is 7.04. The van der Waals surface area contributed by atoms with E-state index in [0.29, 0.717) is 12.2 Å². The van der Waals surface area contributed by atoms with Crippen LogP contribution in [0.5, 0.6) is 5.75 Å². The maximum absolute atomic E-state index is 11.9. The van der Waals surface area contributed by atoms with E-state index in [4.69, 9.17) is 5.73 Å². The van der Waals surface area contributed by atoms with Crippen LogP contribution in [0.25, 0.3) is 0 Å². The maximum atomic E-state index is 11.9. The third-order valence-electron chi connectivity index (χ3n) is 2.52. The van der Waals surface area contributed by atoms with E-state index in [0.717, 1.165) is 0 Å². The molecule has 2 aromatic rings.